The third-order valence-corrected chi connectivity index (χ3v) is 4.23. The second-order valence-electron chi connectivity index (χ2n) is 3.58. The monoisotopic (exact) mass is 271 g/mol. The molecule has 0 aliphatic heterocycles. The van der Waals surface area contributed by atoms with Gasteiger partial charge in [0, 0.05) is 30.0 Å². The Labute approximate surface area is 107 Å². The number of sulfone groups is 1. The average Bonchev–Trinajstić information content (AvgIpc) is 2.28. The number of benzene rings is 1. The van der Waals surface area contributed by atoms with E-state index in [2.05, 4.69) is 11.9 Å². The summed E-state index contributed by atoms with van der Waals surface area (Å²) in [5.74, 6) is 0.950. The molecule has 3 nitrogen and oxygen atoms in total. The van der Waals surface area contributed by atoms with Crippen LogP contribution in [-0.2, 0) is 9.84 Å². The Bertz CT molecular complexity index is 452. The molecule has 1 rings (SSSR count). The van der Waals surface area contributed by atoms with Gasteiger partial charge >= 0.3 is 0 Å². The molecule has 0 radical (unpaired) electrons. The molecule has 0 unspecified atom stereocenters. The first-order valence-corrected chi connectivity index (χ1v) is 8.16. The van der Waals surface area contributed by atoms with E-state index in [-0.39, 0.29) is 0 Å². The molecule has 0 fully saturated rings. The van der Waals surface area contributed by atoms with Gasteiger partial charge < -0.3 is 5.32 Å². The molecular formula is C12H17NO2S2. The van der Waals surface area contributed by atoms with Crippen molar-refractivity contribution in [2.75, 3.05) is 25.1 Å². The fourth-order valence-electron chi connectivity index (χ4n) is 1.23. The van der Waals surface area contributed by atoms with E-state index in [0.717, 1.165) is 23.7 Å². The molecule has 5 heteroatoms. The van der Waals surface area contributed by atoms with E-state index in [1.54, 1.807) is 23.9 Å². The number of nitrogens with one attached hydrogen (secondary N) is 1. The molecule has 0 saturated carbocycles. The lowest BCUT2D eigenvalue weighted by Gasteiger charge is -2.03. The molecule has 17 heavy (non-hydrogen) atoms. The fraction of sp³-hybridized carbons (Fsp3) is 0.333. The zero-order chi connectivity index (χ0) is 12.7. The van der Waals surface area contributed by atoms with Crippen molar-refractivity contribution in [2.45, 2.75) is 9.79 Å². The molecule has 1 aromatic carbocycles. The van der Waals surface area contributed by atoms with E-state index in [1.165, 1.54) is 6.26 Å². The van der Waals surface area contributed by atoms with Crippen molar-refractivity contribution in [3.05, 3.63) is 36.9 Å². The largest absolute Gasteiger partial charge is 0.312 e. The first kappa shape index (κ1) is 14.3. The van der Waals surface area contributed by atoms with Gasteiger partial charge in [-0.2, -0.15) is 0 Å². The summed E-state index contributed by atoms with van der Waals surface area (Å²) < 4.78 is 22.5. The van der Waals surface area contributed by atoms with Crippen molar-refractivity contribution in [1.82, 2.24) is 5.32 Å². The number of hydrogen-bond donors (Lipinski definition) is 1. The Morgan fingerprint density at radius 3 is 2.53 bits per heavy atom. The number of rotatable bonds is 7. The van der Waals surface area contributed by atoms with Gasteiger partial charge in [0.15, 0.2) is 9.84 Å². The van der Waals surface area contributed by atoms with Gasteiger partial charge in [-0.25, -0.2) is 8.42 Å². The fourth-order valence-corrected chi connectivity index (χ4v) is 2.67. The van der Waals surface area contributed by atoms with Crippen LogP contribution in [0.2, 0.25) is 0 Å². The van der Waals surface area contributed by atoms with Crippen LogP contribution < -0.4 is 5.32 Å². The maximum absolute atomic E-state index is 11.3. The molecule has 0 heterocycles. The topological polar surface area (TPSA) is 46.2 Å². The van der Waals surface area contributed by atoms with Crippen LogP contribution in [0.15, 0.2) is 46.7 Å². The molecule has 0 spiro atoms. The minimum absolute atomic E-state index is 0.367. The summed E-state index contributed by atoms with van der Waals surface area (Å²) in [5, 5.41) is 3.21. The van der Waals surface area contributed by atoms with Crippen molar-refractivity contribution in [3.8, 4) is 0 Å². The van der Waals surface area contributed by atoms with E-state index >= 15 is 0 Å². The van der Waals surface area contributed by atoms with Gasteiger partial charge in [-0.15, -0.1) is 18.3 Å². The lowest BCUT2D eigenvalue weighted by atomic mass is 10.4. The third-order valence-electron chi connectivity index (χ3n) is 2.09. The summed E-state index contributed by atoms with van der Waals surface area (Å²) in [4.78, 5) is 1.45. The van der Waals surface area contributed by atoms with Crippen LogP contribution in [-0.4, -0.2) is 33.5 Å². The molecule has 0 aromatic heterocycles. The van der Waals surface area contributed by atoms with Crippen LogP contribution in [0.3, 0.4) is 0 Å². The van der Waals surface area contributed by atoms with Gasteiger partial charge in [-0.3, -0.25) is 0 Å². The quantitative estimate of drug-likeness (QED) is 0.468. The first-order chi connectivity index (χ1) is 8.04. The van der Waals surface area contributed by atoms with Crippen LogP contribution >= 0.6 is 11.8 Å². The van der Waals surface area contributed by atoms with Crippen LogP contribution in [0.1, 0.15) is 0 Å². The molecule has 0 amide bonds. The first-order valence-electron chi connectivity index (χ1n) is 5.28. The Hall–Kier alpha value is -0.780. The number of thioether (sulfide) groups is 1. The second-order valence-corrected chi connectivity index (χ2v) is 6.77. The van der Waals surface area contributed by atoms with Crippen molar-refractivity contribution in [2.24, 2.45) is 0 Å². The predicted octanol–water partition coefficient (Wildman–Crippen LogP) is 1.96. The highest BCUT2D eigenvalue weighted by atomic mass is 32.2. The zero-order valence-electron chi connectivity index (χ0n) is 9.85. The summed E-state index contributed by atoms with van der Waals surface area (Å²) in [6.07, 6.45) is 3.04. The third kappa shape index (κ3) is 5.39. The molecular weight excluding hydrogens is 254 g/mol. The van der Waals surface area contributed by atoms with Gasteiger partial charge in [0.1, 0.15) is 0 Å². The Morgan fingerprint density at radius 1 is 1.35 bits per heavy atom. The van der Waals surface area contributed by atoms with E-state index in [4.69, 9.17) is 0 Å². The Balaban J connectivity index is 2.44. The SMILES string of the molecule is C=CCNCCSc1ccc(S(C)(=O)=O)cc1. The molecule has 94 valence electrons. The van der Waals surface area contributed by atoms with Crippen LogP contribution in [0.5, 0.6) is 0 Å². The second kappa shape index (κ2) is 6.83. The van der Waals surface area contributed by atoms with E-state index < -0.39 is 9.84 Å². The Morgan fingerprint density at radius 2 is 2.00 bits per heavy atom. The van der Waals surface area contributed by atoms with E-state index in [1.807, 2.05) is 18.2 Å². The minimum atomic E-state index is -3.08. The van der Waals surface area contributed by atoms with E-state index in [0.29, 0.717) is 4.90 Å². The standard InChI is InChI=1S/C12H17NO2S2/c1-3-8-13-9-10-16-11-4-6-12(7-5-11)17(2,14)15/h3-7,13H,1,8-10H2,2H3. The molecule has 1 N–H and O–H groups in total. The van der Waals surface area contributed by atoms with Crippen molar-refractivity contribution in [1.29, 1.82) is 0 Å². The predicted molar refractivity (Wildman–Crippen MR) is 73.3 cm³/mol. The van der Waals surface area contributed by atoms with Crippen molar-refractivity contribution >= 4 is 21.6 Å². The number of hydrogen-bond acceptors (Lipinski definition) is 4. The summed E-state index contributed by atoms with van der Waals surface area (Å²) in [7, 11) is -3.08. The normalized spacial score (nSPS) is 11.4. The molecule has 0 aliphatic rings. The minimum Gasteiger partial charge on any atom is -0.312 e. The van der Waals surface area contributed by atoms with Gasteiger partial charge in [0.2, 0.25) is 0 Å². The molecule has 1 aromatic rings. The van der Waals surface area contributed by atoms with Crippen LogP contribution in [0.4, 0.5) is 0 Å². The highest BCUT2D eigenvalue weighted by Gasteiger charge is 2.05. The van der Waals surface area contributed by atoms with Gasteiger partial charge in [0.05, 0.1) is 4.90 Å². The lowest BCUT2D eigenvalue weighted by Crippen LogP contribution is -2.16. The Kier molecular flexibility index (Phi) is 5.74. The molecule has 0 bridgehead atoms. The highest BCUT2D eigenvalue weighted by molar-refractivity contribution is 7.99. The average molecular weight is 271 g/mol. The molecule has 0 aliphatic carbocycles. The zero-order valence-corrected chi connectivity index (χ0v) is 11.5. The van der Waals surface area contributed by atoms with Gasteiger partial charge in [-0.1, -0.05) is 6.08 Å². The maximum atomic E-state index is 11.3. The maximum Gasteiger partial charge on any atom is 0.175 e. The summed E-state index contributed by atoms with van der Waals surface area (Å²) in [6.45, 7) is 5.34. The smallest absolute Gasteiger partial charge is 0.175 e. The summed E-state index contributed by atoms with van der Waals surface area (Å²) in [5.41, 5.74) is 0. The van der Waals surface area contributed by atoms with Crippen LogP contribution in [0, 0.1) is 0 Å². The van der Waals surface area contributed by atoms with Crippen molar-refractivity contribution in [3.63, 3.8) is 0 Å². The summed E-state index contributed by atoms with van der Waals surface area (Å²) >= 11 is 1.70. The van der Waals surface area contributed by atoms with E-state index in [9.17, 15) is 8.42 Å². The van der Waals surface area contributed by atoms with Gasteiger partial charge in [-0.05, 0) is 24.3 Å². The van der Waals surface area contributed by atoms with Crippen LogP contribution in [0.25, 0.3) is 0 Å². The van der Waals surface area contributed by atoms with Gasteiger partial charge in [0.25, 0.3) is 0 Å². The molecule has 0 saturated heterocycles. The highest BCUT2D eigenvalue weighted by Crippen LogP contribution is 2.19. The lowest BCUT2D eigenvalue weighted by molar-refractivity contribution is 0.602. The molecule has 0 atom stereocenters. The summed E-state index contributed by atoms with van der Waals surface area (Å²) in [6, 6.07) is 6.98. The van der Waals surface area contributed by atoms with Crippen molar-refractivity contribution < 1.29 is 8.42 Å².